The van der Waals surface area contributed by atoms with Crippen LogP contribution in [-0.2, 0) is 10.9 Å². The molecule has 0 aliphatic carbocycles. The summed E-state index contributed by atoms with van der Waals surface area (Å²) in [6.45, 7) is 4.24. The number of morpholine rings is 1. The average Bonchev–Trinajstić information content (AvgIpc) is 3.33. The van der Waals surface area contributed by atoms with Gasteiger partial charge >= 0.3 is 12.3 Å². The van der Waals surface area contributed by atoms with E-state index in [2.05, 4.69) is 20.3 Å². The predicted octanol–water partition coefficient (Wildman–Crippen LogP) is 4.18. The molecule has 14 heteroatoms. The van der Waals surface area contributed by atoms with Gasteiger partial charge in [0.1, 0.15) is 23.5 Å². The van der Waals surface area contributed by atoms with Crippen LogP contribution in [-0.4, -0.2) is 69.4 Å². The summed E-state index contributed by atoms with van der Waals surface area (Å²) in [5.41, 5.74) is 1.17. The molecule has 4 rings (SSSR count). The number of nitrogens with zero attached hydrogens (tertiary/aromatic N) is 4. The lowest BCUT2D eigenvalue weighted by Crippen LogP contribution is -2.47. The molecule has 2 aromatic heterocycles. The Morgan fingerprint density at radius 1 is 1.24 bits per heavy atom. The van der Waals surface area contributed by atoms with Crippen molar-refractivity contribution in [3.05, 3.63) is 58.6 Å². The number of carbonyl (C=O) groups is 2. The Morgan fingerprint density at radius 2 is 1.97 bits per heavy atom. The number of benzene rings is 1. The van der Waals surface area contributed by atoms with Crippen LogP contribution in [0.5, 0.6) is 5.75 Å². The molecule has 202 valence electrons. The third-order valence-corrected chi connectivity index (χ3v) is 6.62. The topological polar surface area (TPSA) is 127 Å². The molecule has 2 atom stereocenters. The third-order valence-electron chi connectivity index (χ3n) is 5.66. The van der Waals surface area contributed by atoms with Gasteiger partial charge in [-0.05, 0) is 32.0 Å². The molecule has 38 heavy (non-hydrogen) atoms. The molecule has 1 fully saturated rings. The van der Waals surface area contributed by atoms with Gasteiger partial charge in [-0.1, -0.05) is 0 Å². The highest BCUT2D eigenvalue weighted by atomic mass is 32.1. The molecule has 2 N–H and O–H groups in total. The maximum atomic E-state index is 13.1. The average molecular weight is 552 g/mol. The number of hydrogen-bond donors (Lipinski definition) is 2. The lowest BCUT2D eigenvalue weighted by atomic mass is 10.1. The van der Waals surface area contributed by atoms with Gasteiger partial charge in [-0.25, -0.2) is 19.7 Å². The van der Waals surface area contributed by atoms with E-state index in [4.69, 9.17) is 9.47 Å². The summed E-state index contributed by atoms with van der Waals surface area (Å²) >= 11 is 1.43. The van der Waals surface area contributed by atoms with Crippen LogP contribution in [0.2, 0.25) is 0 Å². The number of thiazole rings is 1. The number of carboxylic acid groups (broad SMARTS) is 1. The second-order valence-corrected chi connectivity index (χ2v) is 9.82. The smallest absolute Gasteiger partial charge is 0.451 e. The van der Waals surface area contributed by atoms with E-state index in [0.29, 0.717) is 21.9 Å². The summed E-state index contributed by atoms with van der Waals surface area (Å²) < 4.78 is 49.8. The fraction of sp³-hybridized carbons (Fsp3) is 0.375. The van der Waals surface area contributed by atoms with Crippen LogP contribution in [0.3, 0.4) is 0 Å². The van der Waals surface area contributed by atoms with Crippen LogP contribution in [0.25, 0.3) is 10.6 Å². The molecule has 1 aromatic carbocycles. The number of nitrogens with one attached hydrogen (secondary N) is 1. The summed E-state index contributed by atoms with van der Waals surface area (Å²) in [5.74, 6) is -1.41. The lowest BCUT2D eigenvalue weighted by Gasteiger charge is -2.30. The Balaban J connectivity index is 1.52. The Kier molecular flexibility index (Phi) is 8.11. The molecule has 1 aliphatic rings. The van der Waals surface area contributed by atoms with E-state index in [1.54, 1.807) is 25.3 Å². The number of halogens is 3. The number of alkyl halides is 3. The fourth-order valence-corrected chi connectivity index (χ4v) is 4.43. The molecular weight excluding hydrogens is 527 g/mol. The number of aryl methyl sites for hydroxylation is 1. The first-order chi connectivity index (χ1) is 18.0. The van der Waals surface area contributed by atoms with E-state index < -0.39 is 36.1 Å². The van der Waals surface area contributed by atoms with E-state index >= 15 is 0 Å². The van der Waals surface area contributed by atoms with Gasteiger partial charge in [0.15, 0.2) is 0 Å². The minimum absolute atomic E-state index is 0.0600. The molecule has 0 radical (unpaired) electrons. The Hall–Kier alpha value is -3.78. The standard InChI is InChI=1S/C24H24F3N5O5S/c1-13-8-28-21(38-13)16-5-15(6-18(7-16)37-12-19-11-32(23(34)35)3-4-36-19)20(33)31-14(2)17-9-29-22(30-10-17)24(25,26)27/h5-10,14,19H,3-4,11-12H2,1-2H3,(H,31,33)(H,34,35)/t14-,19+/m1/s1. The van der Waals surface area contributed by atoms with E-state index in [0.717, 1.165) is 17.3 Å². The van der Waals surface area contributed by atoms with Crippen LogP contribution in [0.1, 0.15) is 39.6 Å². The number of rotatable bonds is 7. The Morgan fingerprint density at radius 3 is 2.61 bits per heavy atom. The maximum absolute atomic E-state index is 13.1. The van der Waals surface area contributed by atoms with Crippen LogP contribution < -0.4 is 10.1 Å². The Labute approximate surface area is 219 Å². The molecule has 0 bridgehead atoms. The first-order valence-electron chi connectivity index (χ1n) is 11.5. The van der Waals surface area contributed by atoms with Gasteiger partial charge in [0.2, 0.25) is 5.82 Å². The first-order valence-corrected chi connectivity index (χ1v) is 12.3. The minimum atomic E-state index is -4.66. The summed E-state index contributed by atoms with van der Waals surface area (Å²) in [6.07, 6.45) is -2.43. The van der Waals surface area contributed by atoms with Crippen molar-refractivity contribution < 1.29 is 37.3 Å². The summed E-state index contributed by atoms with van der Waals surface area (Å²) in [5, 5.41) is 12.6. The largest absolute Gasteiger partial charge is 0.491 e. The van der Waals surface area contributed by atoms with Gasteiger partial charge in [-0.15, -0.1) is 11.3 Å². The van der Waals surface area contributed by atoms with Crippen molar-refractivity contribution in [2.75, 3.05) is 26.3 Å². The van der Waals surface area contributed by atoms with E-state index in [9.17, 15) is 27.9 Å². The van der Waals surface area contributed by atoms with Crippen molar-refractivity contribution in [3.63, 3.8) is 0 Å². The molecule has 10 nitrogen and oxygen atoms in total. The zero-order chi connectivity index (χ0) is 27.4. The molecule has 2 amide bonds. The van der Waals surface area contributed by atoms with E-state index in [1.807, 2.05) is 6.92 Å². The van der Waals surface area contributed by atoms with Crippen LogP contribution in [0, 0.1) is 6.92 Å². The summed E-state index contributed by atoms with van der Waals surface area (Å²) in [4.78, 5) is 37.7. The quantitative estimate of drug-likeness (QED) is 0.448. The summed E-state index contributed by atoms with van der Waals surface area (Å²) in [7, 11) is 0. The van der Waals surface area contributed by atoms with Crippen molar-refractivity contribution in [1.82, 2.24) is 25.2 Å². The second kappa shape index (κ2) is 11.3. The van der Waals surface area contributed by atoms with Crippen LogP contribution in [0.15, 0.2) is 36.8 Å². The zero-order valence-corrected chi connectivity index (χ0v) is 21.2. The number of carbonyl (C=O) groups excluding carboxylic acids is 1. The lowest BCUT2D eigenvalue weighted by molar-refractivity contribution is -0.145. The monoisotopic (exact) mass is 551 g/mol. The van der Waals surface area contributed by atoms with Gasteiger partial charge in [0.25, 0.3) is 5.91 Å². The van der Waals surface area contributed by atoms with Gasteiger partial charge in [-0.2, -0.15) is 13.2 Å². The fourth-order valence-electron chi connectivity index (χ4n) is 3.68. The van der Waals surface area contributed by atoms with Crippen molar-refractivity contribution in [2.24, 2.45) is 0 Å². The van der Waals surface area contributed by atoms with Gasteiger partial charge in [-0.3, -0.25) is 4.79 Å². The van der Waals surface area contributed by atoms with Crippen molar-refractivity contribution in [1.29, 1.82) is 0 Å². The van der Waals surface area contributed by atoms with Crippen LogP contribution in [0.4, 0.5) is 18.0 Å². The Bertz CT molecular complexity index is 1300. The van der Waals surface area contributed by atoms with Gasteiger partial charge < -0.3 is 24.8 Å². The summed E-state index contributed by atoms with van der Waals surface area (Å²) in [6, 6.07) is 4.20. The molecule has 0 saturated carbocycles. The highest BCUT2D eigenvalue weighted by Crippen LogP contribution is 2.30. The normalized spacial score (nSPS) is 16.7. The van der Waals surface area contributed by atoms with E-state index in [1.165, 1.54) is 22.3 Å². The van der Waals surface area contributed by atoms with Gasteiger partial charge in [0, 0.05) is 46.7 Å². The third kappa shape index (κ3) is 6.75. The van der Waals surface area contributed by atoms with Crippen molar-refractivity contribution in [2.45, 2.75) is 32.2 Å². The highest BCUT2D eigenvalue weighted by Gasteiger charge is 2.34. The van der Waals surface area contributed by atoms with Gasteiger partial charge in [0.05, 0.1) is 19.2 Å². The van der Waals surface area contributed by atoms with Crippen LogP contribution >= 0.6 is 11.3 Å². The SMILES string of the molecule is Cc1cnc(-c2cc(OC[C@@H]3CN(C(=O)O)CCO3)cc(C(=O)N[C@H](C)c3cnc(C(F)(F)F)nc3)c2)s1. The molecule has 1 aliphatic heterocycles. The number of ether oxygens (including phenoxy) is 2. The first kappa shape index (κ1) is 27.3. The molecular formula is C24H24F3N5O5S. The molecule has 3 aromatic rings. The molecule has 3 heterocycles. The minimum Gasteiger partial charge on any atom is -0.491 e. The zero-order valence-electron chi connectivity index (χ0n) is 20.4. The predicted molar refractivity (Wildman–Crippen MR) is 130 cm³/mol. The van der Waals surface area contributed by atoms with Crippen molar-refractivity contribution >= 4 is 23.3 Å². The number of aromatic nitrogens is 3. The highest BCUT2D eigenvalue weighted by molar-refractivity contribution is 7.14. The molecule has 0 unspecified atom stereocenters. The maximum Gasteiger partial charge on any atom is 0.451 e. The van der Waals surface area contributed by atoms with E-state index in [-0.39, 0.29) is 31.9 Å². The second-order valence-electron chi connectivity index (χ2n) is 8.59. The molecule has 1 saturated heterocycles. The van der Waals surface area contributed by atoms with Crippen molar-refractivity contribution in [3.8, 4) is 16.3 Å². The number of amides is 2. The number of hydrogen-bond acceptors (Lipinski definition) is 8. The molecule has 0 spiro atoms.